The van der Waals surface area contributed by atoms with Crippen LogP contribution in [0.1, 0.15) is 27.5 Å². The van der Waals surface area contributed by atoms with E-state index in [0.29, 0.717) is 6.61 Å². The van der Waals surface area contributed by atoms with Gasteiger partial charge in [-0.25, -0.2) is 13.8 Å². The third-order valence-corrected chi connectivity index (χ3v) is 7.19. The van der Waals surface area contributed by atoms with Gasteiger partial charge in [-0.15, -0.1) is 11.3 Å². The van der Waals surface area contributed by atoms with Gasteiger partial charge in [-0.3, -0.25) is 9.69 Å². The maximum absolute atomic E-state index is 14.0. The first-order chi connectivity index (χ1) is 16.6. The SMILES string of the molecule is O=C(Nc1c(F)cccc1F)c1nc2c(s1)-c1cc(OCCN3CCOCC3)ccc1CCC2. The second-order valence-corrected chi connectivity index (χ2v) is 9.32. The third kappa shape index (κ3) is 4.96. The van der Waals surface area contributed by atoms with Crippen LogP contribution in [0.2, 0.25) is 0 Å². The number of fused-ring (bicyclic) bond motifs is 3. The van der Waals surface area contributed by atoms with Gasteiger partial charge < -0.3 is 14.8 Å². The van der Waals surface area contributed by atoms with Gasteiger partial charge in [0, 0.05) is 25.2 Å². The van der Waals surface area contributed by atoms with Crippen LogP contribution in [0, 0.1) is 11.6 Å². The van der Waals surface area contributed by atoms with Crippen LogP contribution in [-0.4, -0.2) is 55.2 Å². The molecule has 34 heavy (non-hydrogen) atoms. The average Bonchev–Trinajstić information content (AvgIpc) is 3.19. The number of hydrogen-bond acceptors (Lipinski definition) is 6. The highest BCUT2D eigenvalue weighted by Gasteiger charge is 2.24. The van der Waals surface area contributed by atoms with Gasteiger partial charge in [0.2, 0.25) is 0 Å². The molecule has 1 aliphatic heterocycles. The number of nitrogens with one attached hydrogen (secondary N) is 1. The molecule has 1 aliphatic carbocycles. The van der Waals surface area contributed by atoms with Gasteiger partial charge in [-0.2, -0.15) is 0 Å². The molecule has 2 heterocycles. The maximum Gasteiger partial charge on any atom is 0.284 e. The fraction of sp³-hybridized carbons (Fsp3) is 0.360. The molecule has 2 aromatic carbocycles. The van der Waals surface area contributed by atoms with Gasteiger partial charge >= 0.3 is 0 Å². The van der Waals surface area contributed by atoms with Crippen molar-refractivity contribution in [3.63, 3.8) is 0 Å². The highest BCUT2D eigenvalue weighted by molar-refractivity contribution is 7.17. The fourth-order valence-electron chi connectivity index (χ4n) is 4.25. The summed E-state index contributed by atoms with van der Waals surface area (Å²) >= 11 is 1.24. The zero-order valence-corrected chi connectivity index (χ0v) is 19.4. The smallest absolute Gasteiger partial charge is 0.284 e. The Morgan fingerprint density at radius 1 is 1.15 bits per heavy atom. The number of aryl methyl sites for hydroxylation is 2. The van der Waals surface area contributed by atoms with Crippen molar-refractivity contribution in [1.82, 2.24) is 9.88 Å². The number of hydrogen-bond donors (Lipinski definition) is 1. The number of amides is 1. The van der Waals surface area contributed by atoms with Crippen LogP contribution in [0.15, 0.2) is 36.4 Å². The molecule has 9 heteroatoms. The van der Waals surface area contributed by atoms with Crippen LogP contribution in [0.3, 0.4) is 0 Å². The van der Waals surface area contributed by atoms with Crippen molar-refractivity contribution >= 4 is 22.9 Å². The zero-order chi connectivity index (χ0) is 23.5. The summed E-state index contributed by atoms with van der Waals surface area (Å²) in [6, 6.07) is 9.53. The number of aromatic nitrogens is 1. The molecule has 2 aliphatic rings. The zero-order valence-electron chi connectivity index (χ0n) is 18.6. The minimum absolute atomic E-state index is 0.180. The minimum atomic E-state index is -0.823. The third-order valence-electron chi connectivity index (χ3n) is 6.06. The van der Waals surface area contributed by atoms with Crippen molar-refractivity contribution in [3.8, 4) is 16.2 Å². The topological polar surface area (TPSA) is 63.7 Å². The first-order valence-electron chi connectivity index (χ1n) is 11.4. The van der Waals surface area contributed by atoms with E-state index in [1.807, 2.05) is 12.1 Å². The molecule has 0 spiro atoms. The number of thiazole rings is 1. The number of anilines is 1. The largest absolute Gasteiger partial charge is 0.492 e. The number of ether oxygens (including phenoxy) is 2. The van der Waals surface area contributed by atoms with E-state index < -0.39 is 23.2 Å². The highest BCUT2D eigenvalue weighted by Crippen LogP contribution is 2.39. The van der Waals surface area contributed by atoms with Gasteiger partial charge in [0.25, 0.3) is 5.91 Å². The van der Waals surface area contributed by atoms with E-state index in [2.05, 4.69) is 21.3 Å². The molecule has 0 saturated carbocycles. The summed E-state index contributed by atoms with van der Waals surface area (Å²) in [6.45, 7) is 4.76. The molecule has 1 fully saturated rings. The van der Waals surface area contributed by atoms with E-state index in [9.17, 15) is 13.6 Å². The van der Waals surface area contributed by atoms with Crippen molar-refractivity contribution in [1.29, 1.82) is 0 Å². The molecule has 1 N–H and O–H groups in total. The number of morpholine rings is 1. The standard InChI is InChI=1S/C25H25F2N3O3S/c26-19-4-2-5-20(27)22(19)29-24(31)25-28-21-6-1-3-16-7-8-17(15-18(16)23(21)34-25)33-14-11-30-9-12-32-13-10-30/h2,4-5,7-8,15H,1,3,6,9-14H2,(H,29,31). The van der Waals surface area contributed by atoms with Crippen molar-refractivity contribution in [2.75, 3.05) is 44.8 Å². The van der Waals surface area contributed by atoms with Crippen LogP contribution in [0.5, 0.6) is 5.75 Å². The van der Waals surface area contributed by atoms with Gasteiger partial charge in [0.05, 0.1) is 23.8 Å². The summed E-state index contributed by atoms with van der Waals surface area (Å²) in [7, 11) is 0. The molecule has 3 aromatic rings. The average molecular weight is 486 g/mol. The lowest BCUT2D eigenvalue weighted by Gasteiger charge is -2.26. The van der Waals surface area contributed by atoms with Crippen LogP contribution < -0.4 is 10.1 Å². The molecule has 1 saturated heterocycles. The van der Waals surface area contributed by atoms with E-state index >= 15 is 0 Å². The van der Waals surface area contributed by atoms with Gasteiger partial charge in [-0.1, -0.05) is 12.1 Å². The molecule has 1 amide bonds. The fourth-order valence-corrected chi connectivity index (χ4v) is 5.31. The number of halogens is 2. The quantitative estimate of drug-likeness (QED) is 0.556. The second kappa shape index (κ2) is 10.2. The van der Waals surface area contributed by atoms with E-state index in [1.54, 1.807) is 0 Å². The molecule has 0 atom stereocenters. The van der Waals surface area contributed by atoms with E-state index in [0.717, 1.165) is 86.1 Å². The molecule has 0 radical (unpaired) electrons. The summed E-state index contributed by atoms with van der Waals surface area (Å²) in [4.78, 5) is 20.5. The molecule has 0 bridgehead atoms. The number of rotatable bonds is 6. The van der Waals surface area contributed by atoms with Gasteiger partial charge in [0.1, 0.15) is 29.7 Å². The monoisotopic (exact) mass is 485 g/mol. The van der Waals surface area contributed by atoms with Crippen LogP contribution >= 0.6 is 11.3 Å². The Hall–Kier alpha value is -2.88. The number of para-hydroxylation sites is 1. The number of benzene rings is 2. The summed E-state index contributed by atoms with van der Waals surface area (Å²) in [5.74, 6) is -1.50. The Balaban J connectivity index is 1.34. The van der Waals surface area contributed by atoms with E-state index in [4.69, 9.17) is 9.47 Å². The Labute approximate surface area is 200 Å². The number of carbonyl (C=O) groups excluding carboxylic acids is 1. The van der Waals surface area contributed by atoms with Crippen molar-refractivity contribution in [3.05, 3.63) is 64.3 Å². The summed E-state index contributed by atoms with van der Waals surface area (Å²) < 4.78 is 39.4. The lowest BCUT2D eigenvalue weighted by molar-refractivity contribution is 0.0322. The first-order valence-corrected chi connectivity index (χ1v) is 12.2. The van der Waals surface area contributed by atoms with E-state index in [-0.39, 0.29) is 5.01 Å². The second-order valence-electron chi connectivity index (χ2n) is 8.32. The van der Waals surface area contributed by atoms with Crippen LogP contribution in [0.25, 0.3) is 10.4 Å². The Morgan fingerprint density at radius 3 is 2.74 bits per heavy atom. The summed E-state index contributed by atoms with van der Waals surface area (Å²) in [5.41, 5.74) is 2.54. The lowest BCUT2D eigenvalue weighted by atomic mass is 10.0. The van der Waals surface area contributed by atoms with Crippen molar-refractivity contribution in [2.45, 2.75) is 19.3 Å². The highest BCUT2D eigenvalue weighted by atomic mass is 32.1. The molecular weight excluding hydrogens is 460 g/mol. The number of carbonyl (C=O) groups is 1. The maximum atomic E-state index is 14.0. The number of nitrogens with zero attached hydrogens (tertiary/aromatic N) is 2. The van der Waals surface area contributed by atoms with Gasteiger partial charge in [-0.05, 0) is 49.1 Å². The van der Waals surface area contributed by atoms with E-state index in [1.165, 1.54) is 23.0 Å². The molecule has 6 nitrogen and oxygen atoms in total. The first kappa shape index (κ1) is 22.9. The predicted molar refractivity (Wildman–Crippen MR) is 127 cm³/mol. The van der Waals surface area contributed by atoms with Crippen LogP contribution in [0.4, 0.5) is 14.5 Å². The summed E-state index contributed by atoms with van der Waals surface area (Å²) in [6.07, 6.45) is 2.55. The Bertz CT molecular complexity index is 1170. The molecule has 5 rings (SSSR count). The molecule has 1 aromatic heterocycles. The minimum Gasteiger partial charge on any atom is -0.492 e. The van der Waals surface area contributed by atoms with Crippen molar-refractivity contribution < 1.29 is 23.0 Å². The molecule has 178 valence electrons. The summed E-state index contributed by atoms with van der Waals surface area (Å²) in [5, 5.41) is 2.51. The predicted octanol–water partition coefficient (Wildman–Crippen LogP) is 4.54. The Morgan fingerprint density at radius 2 is 1.94 bits per heavy atom. The molecule has 0 unspecified atom stereocenters. The Kier molecular flexibility index (Phi) is 6.85. The lowest BCUT2D eigenvalue weighted by Crippen LogP contribution is -2.38. The van der Waals surface area contributed by atoms with Crippen LogP contribution in [-0.2, 0) is 17.6 Å². The molecular formula is C25H25F2N3O3S. The van der Waals surface area contributed by atoms with Gasteiger partial charge in [0.15, 0.2) is 5.01 Å². The normalized spacial score (nSPS) is 15.8. The van der Waals surface area contributed by atoms with Crippen molar-refractivity contribution in [2.24, 2.45) is 0 Å².